The van der Waals surface area contributed by atoms with Gasteiger partial charge in [-0.2, -0.15) is 0 Å². The van der Waals surface area contributed by atoms with Crippen LogP contribution in [0.15, 0.2) is 63.8 Å². The van der Waals surface area contributed by atoms with Crippen LogP contribution in [0.3, 0.4) is 0 Å². The Kier molecular flexibility index (Phi) is 5.14. The maximum absolute atomic E-state index is 11.9. The quantitative estimate of drug-likeness (QED) is 0.702. The number of benzene rings is 2. The van der Waals surface area contributed by atoms with Gasteiger partial charge in [-0.3, -0.25) is 4.79 Å². The minimum absolute atomic E-state index is 0.0870. The zero-order valence-electron chi connectivity index (χ0n) is 14.0. The van der Waals surface area contributed by atoms with Crippen molar-refractivity contribution in [1.29, 1.82) is 0 Å². The van der Waals surface area contributed by atoms with E-state index >= 15 is 0 Å². The molecule has 1 heterocycles. The van der Waals surface area contributed by atoms with Crippen LogP contribution in [-0.2, 0) is 11.2 Å². The molecule has 1 N–H and O–H groups in total. The van der Waals surface area contributed by atoms with Gasteiger partial charge in [-0.25, -0.2) is 4.79 Å². The Labute approximate surface area is 145 Å². The van der Waals surface area contributed by atoms with Gasteiger partial charge in [0.25, 0.3) is 5.91 Å². The number of aryl methyl sites for hydroxylation is 1. The van der Waals surface area contributed by atoms with Gasteiger partial charge in [-0.05, 0) is 42.7 Å². The SMILES string of the molecule is Cc1ccccc1CCNC(=O)COc1ccc2ccc(=O)oc2c1. The molecule has 2 aromatic carbocycles. The van der Waals surface area contributed by atoms with Crippen molar-refractivity contribution < 1.29 is 13.9 Å². The van der Waals surface area contributed by atoms with Crippen LogP contribution in [0.5, 0.6) is 5.75 Å². The largest absolute Gasteiger partial charge is 0.484 e. The number of carbonyl (C=O) groups is 1. The number of ether oxygens (including phenoxy) is 1. The molecule has 0 aliphatic carbocycles. The minimum Gasteiger partial charge on any atom is -0.484 e. The lowest BCUT2D eigenvalue weighted by Crippen LogP contribution is -2.30. The van der Waals surface area contributed by atoms with Gasteiger partial charge in [0.05, 0.1) is 0 Å². The summed E-state index contributed by atoms with van der Waals surface area (Å²) in [5.74, 6) is 0.291. The van der Waals surface area contributed by atoms with Gasteiger partial charge in [-0.1, -0.05) is 24.3 Å². The second kappa shape index (κ2) is 7.66. The highest BCUT2D eigenvalue weighted by Gasteiger charge is 2.05. The molecule has 0 unspecified atom stereocenters. The van der Waals surface area contributed by atoms with E-state index in [1.54, 1.807) is 24.3 Å². The van der Waals surface area contributed by atoms with Crippen LogP contribution in [0.2, 0.25) is 0 Å². The molecule has 1 amide bonds. The first-order valence-corrected chi connectivity index (χ1v) is 8.10. The van der Waals surface area contributed by atoms with Gasteiger partial charge in [0.15, 0.2) is 6.61 Å². The van der Waals surface area contributed by atoms with E-state index in [0.717, 1.165) is 11.8 Å². The van der Waals surface area contributed by atoms with E-state index in [-0.39, 0.29) is 12.5 Å². The van der Waals surface area contributed by atoms with Crippen molar-refractivity contribution in [2.45, 2.75) is 13.3 Å². The summed E-state index contributed by atoms with van der Waals surface area (Å²) in [7, 11) is 0. The van der Waals surface area contributed by atoms with Gasteiger partial charge in [0, 0.05) is 24.1 Å². The molecular formula is C20H19NO4. The highest BCUT2D eigenvalue weighted by atomic mass is 16.5. The zero-order valence-corrected chi connectivity index (χ0v) is 14.0. The van der Waals surface area contributed by atoms with Gasteiger partial charge >= 0.3 is 5.63 Å². The third-order valence-electron chi connectivity index (χ3n) is 3.94. The van der Waals surface area contributed by atoms with Crippen LogP contribution in [-0.4, -0.2) is 19.1 Å². The Morgan fingerprint density at radius 2 is 1.92 bits per heavy atom. The fourth-order valence-electron chi connectivity index (χ4n) is 2.56. The first-order chi connectivity index (χ1) is 12.1. The molecule has 3 rings (SSSR count). The van der Waals surface area contributed by atoms with E-state index < -0.39 is 5.63 Å². The predicted molar refractivity (Wildman–Crippen MR) is 95.9 cm³/mol. The van der Waals surface area contributed by atoms with Crippen LogP contribution in [0, 0.1) is 6.92 Å². The summed E-state index contributed by atoms with van der Waals surface area (Å²) in [5.41, 5.74) is 2.45. The van der Waals surface area contributed by atoms with Crippen LogP contribution in [0.25, 0.3) is 11.0 Å². The topological polar surface area (TPSA) is 68.5 Å². The van der Waals surface area contributed by atoms with E-state index in [9.17, 15) is 9.59 Å². The first kappa shape index (κ1) is 16.8. The van der Waals surface area contributed by atoms with Gasteiger partial charge in [-0.15, -0.1) is 0 Å². The van der Waals surface area contributed by atoms with Crippen LogP contribution in [0.4, 0.5) is 0 Å². The van der Waals surface area contributed by atoms with Crippen LogP contribution in [0.1, 0.15) is 11.1 Å². The fraction of sp³-hybridized carbons (Fsp3) is 0.200. The van der Waals surface area contributed by atoms with Crippen LogP contribution >= 0.6 is 0 Å². The Balaban J connectivity index is 1.50. The van der Waals surface area contributed by atoms with Gasteiger partial charge in [0.2, 0.25) is 0 Å². The normalized spacial score (nSPS) is 10.6. The van der Waals surface area contributed by atoms with Gasteiger partial charge < -0.3 is 14.5 Å². The molecule has 0 atom stereocenters. The second-order valence-corrected chi connectivity index (χ2v) is 5.77. The molecule has 0 fully saturated rings. The molecule has 0 aliphatic heterocycles. The molecule has 0 aliphatic rings. The van der Waals surface area contributed by atoms with Crippen molar-refractivity contribution in [1.82, 2.24) is 5.32 Å². The molecule has 0 bridgehead atoms. The molecule has 1 aromatic heterocycles. The van der Waals surface area contributed by atoms with Crippen molar-refractivity contribution in [3.05, 3.63) is 76.1 Å². The van der Waals surface area contributed by atoms with E-state index in [4.69, 9.17) is 9.15 Å². The van der Waals surface area contributed by atoms with E-state index in [0.29, 0.717) is 17.9 Å². The standard InChI is InChI=1S/C20H19NO4/c1-14-4-2-3-5-15(14)10-11-21-19(22)13-24-17-8-6-16-7-9-20(23)25-18(16)12-17/h2-9,12H,10-11,13H2,1H3,(H,21,22). The maximum Gasteiger partial charge on any atom is 0.336 e. The average molecular weight is 337 g/mol. The van der Waals surface area contributed by atoms with Crippen molar-refractivity contribution in [3.63, 3.8) is 0 Å². The summed E-state index contributed by atoms with van der Waals surface area (Å²) in [6, 6.07) is 16.3. The Morgan fingerprint density at radius 1 is 1.12 bits per heavy atom. The lowest BCUT2D eigenvalue weighted by molar-refractivity contribution is -0.123. The molecule has 0 radical (unpaired) electrons. The molecule has 0 saturated heterocycles. The number of nitrogens with one attached hydrogen (secondary N) is 1. The zero-order chi connectivity index (χ0) is 17.6. The van der Waals surface area contributed by atoms with Crippen molar-refractivity contribution in [2.24, 2.45) is 0 Å². The third-order valence-corrected chi connectivity index (χ3v) is 3.94. The fourth-order valence-corrected chi connectivity index (χ4v) is 2.56. The monoisotopic (exact) mass is 337 g/mol. The second-order valence-electron chi connectivity index (χ2n) is 5.77. The smallest absolute Gasteiger partial charge is 0.336 e. The number of amides is 1. The molecule has 0 saturated carbocycles. The highest BCUT2D eigenvalue weighted by Crippen LogP contribution is 2.19. The Morgan fingerprint density at radius 3 is 2.76 bits per heavy atom. The summed E-state index contributed by atoms with van der Waals surface area (Å²) in [6.07, 6.45) is 0.777. The van der Waals surface area contributed by atoms with Crippen LogP contribution < -0.4 is 15.7 Å². The van der Waals surface area contributed by atoms with Crippen molar-refractivity contribution in [2.75, 3.05) is 13.2 Å². The first-order valence-electron chi connectivity index (χ1n) is 8.10. The summed E-state index contributed by atoms with van der Waals surface area (Å²) in [6.45, 7) is 2.52. The summed E-state index contributed by atoms with van der Waals surface area (Å²) in [4.78, 5) is 23.1. The number of fused-ring (bicyclic) bond motifs is 1. The minimum atomic E-state index is -0.418. The third kappa shape index (κ3) is 4.47. The summed E-state index contributed by atoms with van der Waals surface area (Å²) in [5, 5.41) is 3.64. The highest BCUT2D eigenvalue weighted by molar-refractivity contribution is 5.79. The Hall–Kier alpha value is -3.08. The Bertz CT molecular complexity index is 946. The molecule has 128 valence electrons. The molecule has 5 nitrogen and oxygen atoms in total. The lowest BCUT2D eigenvalue weighted by atomic mass is 10.1. The van der Waals surface area contributed by atoms with Crippen molar-refractivity contribution in [3.8, 4) is 5.75 Å². The number of hydrogen-bond acceptors (Lipinski definition) is 4. The number of rotatable bonds is 6. The number of carbonyl (C=O) groups excluding carboxylic acids is 1. The van der Waals surface area contributed by atoms with E-state index in [1.165, 1.54) is 17.2 Å². The summed E-state index contributed by atoms with van der Waals surface area (Å²) >= 11 is 0. The molecule has 0 spiro atoms. The van der Waals surface area contributed by atoms with Crippen molar-refractivity contribution >= 4 is 16.9 Å². The molecular weight excluding hydrogens is 318 g/mol. The predicted octanol–water partition coefficient (Wildman–Crippen LogP) is 2.84. The van der Waals surface area contributed by atoms with E-state index in [2.05, 4.69) is 24.4 Å². The van der Waals surface area contributed by atoms with E-state index in [1.807, 2.05) is 12.1 Å². The summed E-state index contributed by atoms with van der Waals surface area (Å²) < 4.78 is 10.6. The lowest BCUT2D eigenvalue weighted by Gasteiger charge is -2.09. The molecule has 3 aromatic rings. The molecule has 5 heteroatoms. The average Bonchev–Trinajstić information content (AvgIpc) is 2.61. The maximum atomic E-state index is 11.9. The molecule has 25 heavy (non-hydrogen) atoms. The number of hydrogen-bond donors (Lipinski definition) is 1. The van der Waals surface area contributed by atoms with Gasteiger partial charge in [0.1, 0.15) is 11.3 Å².